The van der Waals surface area contributed by atoms with Crippen LogP contribution in [-0.2, 0) is 4.79 Å². The first-order valence-electron chi connectivity index (χ1n) is 10.1. The molecule has 1 aliphatic rings. The number of pyridine rings is 1. The summed E-state index contributed by atoms with van der Waals surface area (Å²) in [7, 11) is 0. The molecule has 5 nitrogen and oxygen atoms in total. The lowest BCUT2D eigenvalue weighted by atomic mass is 9.96. The summed E-state index contributed by atoms with van der Waals surface area (Å²) in [6.45, 7) is 11.7. The number of hydrogen-bond donors (Lipinski definition) is 0. The Morgan fingerprint density at radius 2 is 2.03 bits per heavy atom. The van der Waals surface area contributed by atoms with Crippen LogP contribution in [0.1, 0.15) is 45.1 Å². The van der Waals surface area contributed by atoms with E-state index in [0.717, 1.165) is 36.5 Å². The number of carbonyl (C=O) groups excluding carboxylic acids is 1. The van der Waals surface area contributed by atoms with Crippen LogP contribution in [0.5, 0.6) is 11.6 Å². The van der Waals surface area contributed by atoms with E-state index in [1.807, 2.05) is 31.2 Å². The molecular weight excluding hydrogens is 364 g/mol. The summed E-state index contributed by atoms with van der Waals surface area (Å²) < 4.78 is 11.8. The molecule has 3 rings (SSSR count). The lowest BCUT2D eigenvalue weighted by Crippen LogP contribution is -2.24. The standard InChI is InChI=1S/C24H30N2O3/c1-17(2)16-28-24-14-21(9-11-25-24)26-12-10-23(15-26)29-22-7-5-20(6-8-22)18(3)13-19(4)27/h5-9,11,14,18,23H,1,10,12-13,15-16H2,2-4H3/t18-,23-/m1/s1. The maximum Gasteiger partial charge on any atom is 0.215 e. The van der Waals surface area contributed by atoms with Crippen LogP contribution in [0.2, 0.25) is 0 Å². The highest BCUT2D eigenvalue weighted by Crippen LogP contribution is 2.27. The molecule has 0 amide bonds. The quantitative estimate of drug-likeness (QED) is 0.573. The minimum atomic E-state index is 0.142. The smallest absolute Gasteiger partial charge is 0.215 e. The van der Waals surface area contributed by atoms with E-state index in [-0.39, 0.29) is 17.8 Å². The second-order valence-electron chi connectivity index (χ2n) is 7.95. The van der Waals surface area contributed by atoms with Gasteiger partial charge in [-0.3, -0.25) is 0 Å². The number of aromatic nitrogens is 1. The van der Waals surface area contributed by atoms with Gasteiger partial charge in [-0.1, -0.05) is 25.6 Å². The fraction of sp³-hybridized carbons (Fsp3) is 0.417. The largest absolute Gasteiger partial charge is 0.489 e. The zero-order valence-electron chi connectivity index (χ0n) is 17.6. The Morgan fingerprint density at radius 1 is 1.28 bits per heavy atom. The van der Waals surface area contributed by atoms with Gasteiger partial charge < -0.3 is 19.2 Å². The first kappa shape index (κ1) is 20.9. The van der Waals surface area contributed by atoms with E-state index >= 15 is 0 Å². The van der Waals surface area contributed by atoms with Crippen molar-refractivity contribution in [3.8, 4) is 11.6 Å². The van der Waals surface area contributed by atoms with Crippen molar-refractivity contribution in [2.75, 3.05) is 24.6 Å². The minimum Gasteiger partial charge on any atom is -0.489 e. The molecular formula is C24H30N2O3. The molecule has 0 N–H and O–H groups in total. The zero-order chi connectivity index (χ0) is 20.8. The van der Waals surface area contributed by atoms with E-state index in [1.165, 1.54) is 5.56 Å². The van der Waals surface area contributed by atoms with Crippen molar-refractivity contribution in [3.05, 3.63) is 60.3 Å². The summed E-state index contributed by atoms with van der Waals surface area (Å²) >= 11 is 0. The van der Waals surface area contributed by atoms with Crippen LogP contribution in [0.4, 0.5) is 5.69 Å². The fourth-order valence-corrected chi connectivity index (χ4v) is 3.55. The first-order chi connectivity index (χ1) is 13.9. The highest BCUT2D eigenvalue weighted by atomic mass is 16.5. The van der Waals surface area contributed by atoms with Crippen LogP contribution in [0.3, 0.4) is 0 Å². The van der Waals surface area contributed by atoms with Crippen LogP contribution >= 0.6 is 0 Å². The van der Waals surface area contributed by atoms with Crippen LogP contribution in [0.15, 0.2) is 54.7 Å². The van der Waals surface area contributed by atoms with E-state index in [0.29, 0.717) is 18.9 Å². The monoisotopic (exact) mass is 394 g/mol. The van der Waals surface area contributed by atoms with E-state index in [1.54, 1.807) is 13.1 Å². The fourth-order valence-electron chi connectivity index (χ4n) is 3.55. The summed E-state index contributed by atoms with van der Waals surface area (Å²) in [4.78, 5) is 17.9. The maximum absolute atomic E-state index is 11.3. The predicted octanol–water partition coefficient (Wildman–Crippen LogP) is 4.78. The van der Waals surface area contributed by atoms with Crippen LogP contribution in [-0.4, -0.2) is 36.6 Å². The number of benzene rings is 1. The van der Waals surface area contributed by atoms with Crippen LogP contribution in [0.25, 0.3) is 0 Å². The van der Waals surface area contributed by atoms with Gasteiger partial charge in [0, 0.05) is 37.3 Å². The third-order valence-corrected chi connectivity index (χ3v) is 5.04. The topological polar surface area (TPSA) is 51.7 Å². The molecule has 1 aliphatic heterocycles. The van der Waals surface area contributed by atoms with Gasteiger partial charge in [-0.25, -0.2) is 4.98 Å². The highest BCUT2D eigenvalue weighted by molar-refractivity contribution is 5.76. The Bertz CT molecular complexity index is 847. The molecule has 29 heavy (non-hydrogen) atoms. The number of anilines is 1. The van der Waals surface area contributed by atoms with Crippen molar-refractivity contribution >= 4 is 11.5 Å². The molecule has 2 atom stereocenters. The molecule has 1 aromatic carbocycles. The van der Waals surface area contributed by atoms with Crippen LogP contribution in [0, 0.1) is 0 Å². The third kappa shape index (κ3) is 6.08. The maximum atomic E-state index is 11.3. The summed E-state index contributed by atoms with van der Waals surface area (Å²) in [5, 5.41) is 0. The molecule has 0 aliphatic carbocycles. The molecule has 0 radical (unpaired) electrons. The van der Waals surface area contributed by atoms with Gasteiger partial charge in [0.15, 0.2) is 0 Å². The molecule has 2 heterocycles. The third-order valence-electron chi connectivity index (χ3n) is 5.04. The lowest BCUT2D eigenvalue weighted by molar-refractivity contribution is -0.117. The number of rotatable bonds is 9. The average molecular weight is 395 g/mol. The highest BCUT2D eigenvalue weighted by Gasteiger charge is 2.24. The number of ether oxygens (including phenoxy) is 2. The second kappa shape index (κ2) is 9.59. The molecule has 0 bridgehead atoms. The number of hydrogen-bond acceptors (Lipinski definition) is 5. The summed E-state index contributed by atoms with van der Waals surface area (Å²) in [5.41, 5.74) is 3.23. The van der Waals surface area contributed by atoms with Gasteiger partial charge >= 0.3 is 0 Å². The van der Waals surface area contributed by atoms with Crippen molar-refractivity contribution in [3.63, 3.8) is 0 Å². The lowest BCUT2D eigenvalue weighted by Gasteiger charge is -2.20. The number of carbonyl (C=O) groups is 1. The van der Waals surface area contributed by atoms with Gasteiger partial charge in [0.25, 0.3) is 0 Å². The molecule has 154 valence electrons. The first-order valence-corrected chi connectivity index (χ1v) is 10.1. The van der Waals surface area contributed by atoms with Gasteiger partial charge in [-0.05, 0) is 49.1 Å². The summed E-state index contributed by atoms with van der Waals surface area (Å²) in [6.07, 6.45) is 3.45. The van der Waals surface area contributed by atoms with Gasteiger partial charge in [-0.15, -0.1) is 0 Å². The molecule has 1 aromatic heterocycles. The van der Waals surface area contributed by atoms with E-state index in [9.17, 15) is 4.79 Å². The molecule has 0 saturated carbocycles. The second-order valence-corrected chi connectivity index (χ2v) is 7.95. The Labute approximate surface area is 173 Å². The zero-order valence-corrected chi connectivity index (χ0v) is 17.6. The molecule has 1 saturated heterocycles. The van der Waals surface area contributed by atoms with E-state index in [2.05, 4.69) is 35.5 Å². The average Bonchev–Trinajstić information content (AvgIpc) is 3.15. The van der Waals surface area contributed by atoms with Gasteiger partial charge in [0.05, 0.1) is 6.54 Å². The molecule has 0 unspecified atom stereocenters. The Kier molecular flexibility index (Phi) is 6.91. The Hall–Kier alpha value is -2.82. The van der Waals surface area contributed by atoms with E-state index in [4.69, 9.17) is 9.47 Å². The van der Waals surface area contributed by atoms with E-state index < -0.39 is 0 Å². The SMILES string of the molecule is C=C(C)COc1cc(N2CC[C@@H](Oc3ccc([C@H](C)CC(C)=O)cc3)C2)ccn1. The number of Topliss-reactive ketones (excluding diaryl/α,β-unsaturated/α-hetero) is 1. The molecule has 5 heteroatoms. The van der Waals surface area contributed by atoms with Crippen molar-refractivity contribution in [2.45, 2.75) is 45.6 Å². The van der Waals surface area contributed by atoms with Crippen LogP contribution < -0.4 is 14.4 Å². The summed E-state index contributed by atoms with van der Waals surface area (Å²) in [6, 6.07) is 12.1. The van der Waals surface area contributed by atoms with Gasteiger partial charge in [0.2, 0.25) is 5.88 Å². The number of nitrogens with zero attached hydrogens (tertiary/aromatic N) is 2. The van der Waals surface area contributed by atoms with Gasteiger partial charge in [-0.2, -0.15) is 0 Å². The minimum absolute atomic E-state index is 0.142. The Balaban J connectivity index is 1.55. The van der Waals surface area contributed by atoms with Gasteiger partial charge in [0.1, 0.15) is 24.2 Å². The van der Waals surface area contributed by atoms with Crippen molar-refractivity contribution in [1.29, 1.82) is 0 Å². The normalized spacial score (nSPS) is 17.1. The van der Waals surface area contributed by atoms with Crippen molar-refractivity contribution < 1.29 is 14.3 Å². The predicted molar refractivity (Wildman–Crippen MR) is 116 cm³/mol. The number of ketones is 1. The Morgan fingerprint density at radius 3 is 2.72 bits per heavy atom. The molecule has 1 fully saturated rings. The molecule has 2 aromatic rings. The van der Waals surface area contributed by atoms with Crippen molar-refractivity contribution in [1.82, 2.24) is 4.98 Å². The van der Waals surface area contributed by atoms with Crippen molar-refractivity contribution in [2.24, 2.45) is 0 Å². The summed E-state index contributed by atoms with van der Waals surface area (Å²) in [5.74, 6) is 1.94. The molecule has 0 spiro atoms.